The first-order chi connectivity index (χ1) is 18.3. The summed E-state index contributed by atoms with van der Waals surface area (Å²) < 4.78 is 117. The van der Waals surface area contributed by atoms with E-state index in [0.717, 1.165) is 40.7 Å². The van der Waals surface area contributed by atoms with Crippen molar-refractivity contribution in [2.45, 2.75) is 23.7 Å². The average molecular weight is 572 g/mol. The molecule has 0 N–H and O–H groups in total. The van der Waals surface area contributed by atoms with Crippen LogP contribution in [0.3, 0.4) is 0 Å². The van der Waals surface area contributed by atoms with Gasteiger partial charge in [-0.25, -0.2) is 17.1 Å². The molecule has 0 unspecified atom stereocenters. The van der Waals surface area contributed by atoms with E-state index in [2.05, 4.69) is 4.74 Å². The fraction of sp³-hybridized carbons (Fsp3) is 0.240. The highest BCUT2D eigenvalue weighted by molar-refractivity contribution is 7.92. The highest BCUT2D eigenvalue weighted by atomic mass is 32.2. The molecule has 0 spiro atoms. The quantitative estimate of drug-likeness (QED) is 0.384. The van der Waals surface area contributed by atoms with E-state index < -0.39 is 63.5 Å². The molecule has 3 aromatic carbocycles. The molecule has 14 heteroatoms. The van der Waals surface area contributed by atoms with Gasteiger partial charge in [0.05, 0.1) is 41.0 Å². The maximum Gasteiger partial charge on any atom is 0.416 e. The fourth-order valence-corrected chi connectivity index (χ4v) is 5.75. The fourth-order valence-electron chi connectivity index (χ4n) is 4.28. The second-order valence-electron chi connectivity index (χ2n) is 8.77. The van der Waals surface area contributed by atoms with Crippen molar-refractivity contribution in [3.8, 4) is 16.9 Å². The van der Waals surface area contributed by atoms with Crippen molar-refractivity contribution in [3.63, 3.8) is 0 Å². The van der Waals surface area contributed by atoms with E-state index in [9.17, 15) is 39.6 Å². The summed E-state index contributed by atoms with van der Waals surface area (Å²) in [5.41, 5.74) is -1.25. The van der Waals surface area contributed by atoms with Crippen molar-refractivity contribution in [2.75, 3.05) is 24.2 Å². The lowest BCUT2D eigenvalue weighted by Crippen LogP contribution is -2.58. The van der Waals surface area contributed by atoms with Crippen LogP contribution in [0.15, 0.2) is 65.6 Å². The normalized spacial score (nSPS) is 16.3. The number of hydrogen-bond acceptors (Lipinski definition) is 5. The Morgan fingerprint density at radius 2 is 1.72 bits per heavy atom. The standard InChI is InChI=1S/C25H18F6N2O5S/c26-17-6-15(7-19(10-17)38-24(27)28)14-4-5-21-22(8-14)33(13-32(23(21)34)18-11-37-12-18)39(35,36)20-3-1-2-16(9-20)25(29,30)31/h1-10,18,24H,11-13H2. The van der Waals surface area contributed by atoms with Crippen LogP contribution in [-0.4, -0.2) is 51.8 Å². The maximum absolute atomic E-state index is 14.2. The first-order valence-electron chi connectivity index (χ1n) is 11.3. The van der Waals surface area contributed by atoms with Gasteiger partial charge in [-0.3, -0.25) is 4.79 Å². The van der Waals surface area contributed by atoms with Crippen molar-refractivity contribution >= 4 is 21.6 Å². The molecule has 39 heavy (non-hydrogen) atoms. The Hall–Kier alpha value is -3.78. The number of amides is 1. The third-order valence-corrected chi connectivity index (χ3v) is 8.02. The van der Waals surface area contributed by atoms with Gasteiger partial charge in [-0.15, -0.1) is 0 Å². The number of alkyl halides is 5. The Balaban J connectivity index is 1.64. The topological polar surface area (TPSA) is 76.2 Å². The number of fused-ring (bicyclic) bond motifs is 1. The Bertz CT molecular complexity index is 1540. The predicted octanol–water partition coefficient (Wildman–Crippen LogP) is 5.12. The zero-order valence-corrected chi connectivity index (χ0v) is 20.5. The molecule has 7 nitrogen and oxygen atoms in total. The Kier molecular flexibility index (Phi) is 6.71. The van der Waals surface area contributed by atoms with Crippen LogP contribution in [0.5, 0.6) is 5.75 Å². The second kappa shape index (κ2) is 9.75. The first-order valence-corrected chi connectivity index (χ1v) is 12.8. The Morgan fingerprint density at radius 1 is 0.974 bits per heavy atom. The van der Waals surface area contributed by atoms with Crippen LogP contribution in [0.1, 0.15) is 15.9 Å². The Morgan fingerprint density at radius 3 is 2.36 bits per heavy atom. The van der Waals surface area contributed by atoms with Gasteiger partial charge >= 0.3 is 12.8 Å². The van der Waals surface area contributed by atoms with Crippen LogP contribution >= 0.6 is 0 Å². The van der Waals surface area contributed by atoms with Crippen molar-refractivity contribution in [1.82, 2.24) is 4.90 Å². The number of halogens is 6. The van der Waals surface area contributed by atoms with Gasteiger partial charge < -0.3 is 14.4 Å². The average Bonchev–Trinajstić information content (AvgIpc) is 2.83. The minimum absolute atomic E-state index is 0.0344. The van der Waals surface area contributed by atoms with Crippen LogP contribution < -0.4 is 9.04 Å². The summed E-state index contributed by atoms with van der Waals surface area (Å²) in [6.07, 6.45) is -4.81. The molecule has 206 valence electrons. The van der Waals surface area contributed by atoms with Crippen molar-refractivity contribution in [2.24, 2.45) is 0 Å². The van der Waals surface area contributed by atoms with E-state index in [1.807, 2.05) is 0 Å². The number of anilines is 1. The van der Waals surface area contributed by atoms with Crippen LogP contribution in [0.25, 0.3) is 11.1 Å². The molecule has 2 heterocycles. The zero-order valence-electron chi connectivity index (χ0n) is 19.7. The summed E-state index contributed by atoms with van der Waals surface area (Å²) in [6, 6.07) is 9.44. The smallest absolute Gasteiger partial charge is 0.416 e. The first kappa shape index (κ1) is 26.8. The van der Waals surface area contributed by atoms with Gasteiger partial charge in [0.1, 0.15) is 18.2 Å². The molecule has 2 aliphatic heterocycles. The van der Waals surface area contributed by atoms with E-state index in [4.69, 9.17) is 4.74 Å². The van der Waals surface area contributed by atoms with Gasteiger partial charge in [-0.1, -0.05) is 12.1 Å². The van der Waals surface area contributed by atoms with E-state index in [0.29, 0.717) is 6.07 Å². The highest BCUT2D eigenvalue weighted by Gasteiger charge is 2.42. The number of nitrogens with zero attached hydrogens (tertiary/aromatic N) is 2. The molecule has 0 bridgehead atoms. The number of benzene rings is 3. The molecule has 1 saturated heterocycles. The molecule has 0 atom stereocenters. The third kappa shape index (κ3) is 5.13. The minimum atomic E-state index is -4.81. The summed E-state index contributed by atoms with van der Waals surface area (Å²) in [5, 5.41) is 0. The van der Waals surface area contributed by atoms with Crippen LogP contribution in [0.4, 0.5) is 32.0 Å². The molecule has 3 aromatic rings. The van der Waals surface area contributed by atoms with Crippen molar-refractivity contribution in [3.05, 3.63) is 77.6 Å². The van der Waals surface area contributed by atoms with Gasteiger partial charge in [0.15, 0.2) is 0 Å². The Labute approximate surface area is 218 Å². The lowest BCUT2D eigenvalue weighted by Gasteiger charge is -2.44. The molecule has 5 rings (SSSR count). The third-order valence-electron chi connectivity index (χ3n) is 6.28. The molecule has 0 radical (unpaired) electrons. The summed E-state index contributed by atoms with van der Waals surface area (Å²) >= 11 is 0. The lowest BCUT2D eigenvalue weighted by atomic mass is 9.99. The van der Waals surface area contributed by atoms with Gasteiger partial charge in [-0.05, 0) is 53.6 Å². The molecular formula is C25H18F6N2O5S. The minimum Gasteiger partial charge on any atom is -0.435 e. The molecule has 0 saturated carbocycles. The predicted molar refractivity (Wildman–Crippen MR) is 125 cm³/mol. The van der Waals surface area contributed by atoms with Crippen molar-refractivity contribution in [1.29, 1.82) is 0 Å². The van der Waals surface area contributed by atoms with E-state index in [-0.39, 0.29) is 35.6 Å². The summed E-state index contributed by atoms with van der Waals surface area (Å²) in [7, 11) is -4.66. The summed E-state index contributed by atoms with van der Waals surface area (Å²) in [5.74, 6) is -1.94. The maximum atomic E-state index is 14.2. The van der Waals surface area contributed by atoms with E-state index in [1.54, 1.807) is 0 Å². The molecule has 1 fully saturated rings. The van der Waals surface area contributed by atoms with Gasteiger partial charge in [0.2, 0.25) is 0 Å². The van der Waals surface area contributed by atoms with E-state index in [1.165, 1.54) is 23.1 Å². The lowest BCUT2D eigenvalue weighted by molar-refractivity contribution is -0.137. The van der Waals surface area contributed by atoms with E-state index >= 15 is 0 Å². The molecule has 0 aliphatic carbocycles. The summed E-state index contributed by atoms with van der Waals surface area (Å²) in [6.45, 7) is -3.46. The second-order valence-corrected chi connectivity index (χ2v) is 10.6. The number of carbonyl (C=O) groups is 1. The monoisotopic (exact) mass is 572 g/mol. The molecule has 2 aliphatic rings. The number of sulfonamides is 1. The molecule has 1 amide bonds. The highest BCUT2D eigenvalue weighted by Crippen LogP contribution is 2.39. The number of ether oxygens (including phenoxy) is 2. The van der Waals surface area contributed by atoms with Gasteiger partial charge in [-0.2, -0.15) is 22.0 Å². The summed E-state index contributed by atoms with van der Waals surface area (Å²) in [4.78, 5) is 13.8. The zero-order chi connectivity index (χ0) is 28.1. The molecular weight excluding hydrogens is 554 g/mol. The van der Waals surface area contributed by atoms with Gasteiger partial charge in [0.25, 0.3) is 15.9 Å². The van der Waals surface area contributed by atoms with Crippen LogP contribution in [0, 0.1) is 5.82 Å². The molecule has 0 aromatic heterocycles. The largest absolute Gasteiger partial charge is 0.435 e. The number of hydrogen-bond donors (Lipinski definition) is 0. The van der Waals surface area contributed by atoms with Crippen LogP contribution in [0.2, 0.25) is 0 Å². The van der Waals surface area contributed by atoms with Crippen molar-refractivity contribution < 1.29 is 49.0 Å². The number of carbonyl (C=O) groups excluding carboxylic acids is 1. The SMILES string of the molecule is O=C1c2ccc(-c3cc(F)cc(OC(F)F)c3)cc2N(S(=O)(=O)c2cccc(C(F)(F)F)c2)CN1C1COC1. The van der Waals surface area contributed by atoms with Gasteiger partial charge in [0, 0.05) is 6.07 Å². The number of rotatable bonds is 6. The van der Waals surface area contributed by atoms with Crippen LogP contribution in [-0.2, 0) is 20.9 Å².